The summed E-state index contributed by atoms with van der Waals surface area (Å²) in [6.45, 7) is 0.767. The molecule has 5 nitrogen and oxygen atoms in total. The monoisotopic (exact) mass is 320 g/mol. The highest BCUT2D eigenvalue weighted by molar-refractivity contribution is 7.89. The van der Waals surface area contributed by atoms with Crippen molar-refractivity contribution in [2.24, 2.45) is 0 Å². The van der Waals surface area contributed by atoms with Crippen LogP contribution in [0.3, 0.4) is 0 Å². The molecule has 1 N–H and O–H groups in total. The quantitative estimate of drug-likeness (QED) is 0.866. The van der Waals surface area contributed by atoms with E-state index in [2.05, 4.69) is 5.32 Å². The van der Waals surface area contributed by atoms with E-state index in [9.17, 15) is 17.0 Å². The van der Waals surface area contributed by atoms with Crippen LogP contribution >= 0.6 is 0 Å². The van der Waals surface area contributed by atoms with Crippen molar-refractivity contribution in [3.8, 4) is 0 Å². The predicted molar refractivity (Wildman–Crippen MR) is 75.8 cm³/mol. The number of halogens is 1. The molecule has 1 aliphatic rings. The molecule has 0 aliphatic carbocycles. The summed E-state index contributed by atoms with van der Waals surface area (Å²) in [6.07, 6.45) is 0. The van der Waals surface area contributed by atoms with Gasteiger partial charge >= 0.3 is 0 Å². The molecule has 8 heteroatoms. The Balaban J connectivity index is 2.38. The Hall–Kier alpha value is -0.830. The minimum absolute atomic E-state index is 0.0143. The molecule has 1 aromatic carbocycles. The molecular formula is C12H17FN2O3S2. The molecule has 1 saturated heterocycles. The van der Waals surface area contributed by atoms with Gasteiger partial charge in [0.2, 0.25) is 10.0 Å². The summed E-state index contributed by atoms with van der Waals surface area (Å²) >= 11 is 0. The van der Waals surface area contributed by atoms with Crippen LogP contribution < -0.4 is 5.32 Å². The smallest absolute Gasteiger partial charge is 0.243 e. The van der Waals surface area contributed by atoms with Crippen LogP contribution in [0.25, 0.3) is 0 Å². The SMILES string of the molecule is CNCc1ccc(F)cc1S(=O)(=O)N1CCS(=O)CC1. The summed E-state index contributed by atoms with van der Waals surface area (Å²) < 4.78 is 51.1. The van der Waals surface area contributed by atoms with Crippen LogP contribution in [-0.2, 0) is 27.4 Å². The molecule has 112 valence electrons. The number of hydrogen-bond donors (Lipinski definition) is 1. The second kappa shape index (κ2) is 6.30. The third-order valence-electron chi connectivity index (χ3n) is 3.15. The maximum Gasteiger partial charge on any atom is 0.243 e. The van der Waals surface area contributed by atoms with E-state index >= 15 is 0 Å². The van der Waals surface area contributed by atoms with Crippen molar-refractivity contribution >= 4 is 20.8 Å². The zero-order valence-electron chi connectivity index (χ0n) is 11.1. The Morgan fingerprint density at radius 2 is 2.00 bits per heavy atom. The van der Waals surface area contributed by atoms with Gasteiger partial charge in [-0.1, -0.05) is 6.07 Å². The van der Waals surface area contributed by atoms with E-state index in [1.54, 1.807) is 7.05 Å². The molecular weight excluding hydrogens is 303 g/mol. The van der Waals surface area contributed by atoms with Crippen molar-refractivity contribution in [3.63, 3.8) is 0 Å². The second-order valence-electron chi connectivity index (χ2n) is 4.53. The van der Waals surface area contributed by atoms with Crippen LogP contribution in [0.4, 0.5) is 4.39 Å². The lowest BCUT2D eigenvalue weighted by Crippen LogP contribution is -2.42. The zero-order chi connectivity index (χ0) is 14.8. The van der Waals surface area contributed by atoms with Crippen LogP contribution in [0.5, 0.6) is 0 Å². The molecule has 0 amide bonds. The standard InChI is InChI=1S/C12H17FN2O3S2/c1-14-9-10-2-3-11(13)8-12(10)20(17,18)15-4-6-19(16)7-5-15/h2-3,8,14H,4-7,9H2,1H3. The second-order valence-corrected chi connectivity index (χ2v) is 8.14. The number of nitrogens with zero attached hydrogens (tertiary/aromatic N) is 1. The van der Waals surface area contributed by atoms with Gasteiger partial charge in [0.1, 0.15) is 5.82 Å². The Morgan fingerprint density at radius 3 is 2.60 bits per heavy atom. The van der Waals surface area contributed by atoms with Gasteiger partial charge < -0.3 is 5.32 Å². The van der Waals surface area contributed by atoms with Gasteiger partial charge in [-0.3, -0.25) is 4.21 Å². The Labute approximate surface area is 120 Å². The Bertz CT molecular complexity index is 609. The lowest BCUT2D eigenvalue weighted by molar-refractivity contribution is 0.437. The molecule has 0 aromatic heterocycles. The first-order valence-corrected chi connectivity index (χ1v) is 9.16. The predicted octanol–water partition coefficient (Wildman–Crippen LogP) is 0.298. The van der Waals surface area contributed by atoms with E-state index < -0.39 is 26.6 Å². The highest BCUT2D eigenvalue weighted by Gasteiger charge is 2.30. The molecule has 1 aromatic rings. The first kappa shape index (κ1) is 15.6. The number of nitrogens with one attached hydrogen (secondary N) is 1. The van der Waals surface area contributed by atoms with E-state index in [1.807, 2.05) is 0 Å². The lowest BCUT2D eigenvalue weighted by atomic mass is 10.2. The first-order chi connectivity index (χ1) is 9.45. The van der Waals surface area contributed by atoms with Crippen molar-refractivity contribution < 1.29 is 17.0 Å². The van der Waals surface area contributed by atoms with Gasteiger partial charge in [-0.25, -0.2) is 12.8 Å². The van der Waals surface area contributed by atoms with E-state index in [0.717, 1.165) is 6.07 Å². The Kier molecular flexibility index (Phi) is 4.90. The lowest BCUT2D eigenvalue weighted by Gasteiger charge is -2.26. The fourth-order valence-corrected chi connectivity index (χ4v) is 5.06. The van der Waals surface area contributed by atoms with Crippen molar-refractivity contribution in [3.05, 3.63) is 29.6 Å². The molecule has 1 aliphatic heterocycles. The minimum Gasteiger partial charge on any atom is -0.316 e. The molecule has 20 heavy (non-hydrogen) atoms. The largest absolute Gasteiger partial charge is 0.316 e. The topological polar surface area (TPSA) is 66.5 Å². The summed E-state index contributed by atoms with van der Waals surface area (Å²) in [5, 5.41) is 2.87. The third-order valence-corrected chi connectivity index (χ3v) is 6.41. The van der Waals surface area contributed by atoms with Crippen LogP contribution in [0.2, 0.25) is 0 Å². The molecule has 0 atom stereocenters. The maximum atomic E-state index is 13.4. The number of benzene rings is 1. The molecule has 0 spiro atoms. The average molecular weight is 320 g/mol. The van der Waals surface area contributed by atoms with E-state index in [-0.39, 0.29) is 18.0 Å². The zero-order valence-corrected chi connectivity index (χ0v) is 12.8. The van der Waals surface area contributed by atoms with Crippen molar-refractivity contribution in [1.29, 1.82) is 0 Å². The fourth-order valence-electron chi connectivity index (χ4n) is 2.11. The van der Waals surface area contributed by atoms with Crippen molar-refractivity contribution in [2.75, 3.05) is 31.6 Å². The van der Waals surface area contributed by atoms with Gasteiger partial charge in [0.25, 0.3) is 0 Å². The van der Waals surface area contributed by atoms with Crippen LogP contribution in [0.15, 0.2) is 23.1 Å². The Morgan fingerprint density at radius 1 is 1.35 bits per heavy atom. The molecule has 0 radical (unpaired) electrons. The van der Waals surface area contributed by atoms with Gasteiger partial charge in [0.15, 0.2) is 0 Å². The van der Waals surface area contributed by atoms with Crippen LogP contribution in [-0.4, -0.2) is 48.6 Å². The third kappa shape index (κ3) is 3.25. The normalized spacial score (nSPS) is 18.3. The van der Waals surface area contributed by atoms with Gasteiger partial charge in [0, 0.05) is 41.9 Å². The van der Waals surface area contributed by atoms with E-state index in [4.69, 9.17) is 0 Å². The number of sulfonamides is 1. The number of hydrogen-bond acceptors (Lipinski definition) is 4. The minimum atomic E-state index is -3.74. The van der Waals surface area contributed by atoms with E-state index in [0.29, 0.717) is 23.6 Å². The highest BCUT2D eigenvalue weighted by Crippen LogP contribution is 2.22. The van der Waals surface area contributed by atoms with Crippen molar-refractivity contribution in [2.45, 2.75) is 11.4 Å². The molecule has 0 saturated carbocycles. The average Bonchev–Trinajstić information content (AvgIpc) is 2.41. The van der Waals surface area contributed by atoms with Gasteiger partial charge in [0.05, 0.1) is 4.90 Å². The van der Waals surface area contributed by atoms with Gasteiger partial charge in [-0.05, 0) is 24.7 Å². The van der Waals surface area contributed by atoms with Gasteiger partial charge in [-0.15, -0.1) is 0 Å². The van der Waals surface area contributed by atoms with Crippen LogP contribution in [0.1, 0.15) is 5.56 Å². The molecule has 0 bridgehead atoms. The van der Waals surface area contributed by atoms with Gasteiger partial charge in [-0.2, -0.15) is 4.31 Å². The van der Waals surface area contributed by atoms with E-state index in [1.165, 1.54) is 16.4 Å². The van der Waals surface area contributed by atoms with Crippen LogP contribution in [0, 0.1) is 5.82 Å². The fraction of sp³-hybridized carbons (Fsp3) is 0.500. The molecule has 1 fully saturated rings. The summed E-state index contributed by atoms with van der Waals surface area (Å²) in [4.78, 5) is -0.0143. The van der Waals surface area contributed by atoms with Crippen molar-refractivity contribution in [1.82, 2.24) is 9.62 Å². The molecule has 1 heterocycles. The summed E-state index contributed by atoms with van der Waals surface area (Å²) in [6, 6.07) is 3.77. The molecule has 2 rings (SSSR count). The first-order valence-electron chi connectivity index (χ1n) is 6.23. The summed E-state index contributed by atoms with van der Waals surface area (Å²) in [5.74, 6) is 0.0789. The summed E-state index contributed by atoms with van der Waals surface area (Å²) in [7, 11) is -3.00. The summed E-state index contributed by atoms with van der Waals surface area (Å²) in [5.41, 5.74) is 0.528. The highest BCUT2D eigenvalue weighted by atomic mass is 32.2. The number of rotatable bonds is 4. The maximum absolute atomic E-state index is 13.4. The molecule has 0 unspecified atom stereocenters.